The summed E-state index contributed by atoms with van der Waals surface area (Å²) in [4.78, 5) is 4.37. The Morgan fingerprint density at radius 3 is 2.55 bits per heavy atom. The quantitative estimate of drug-likeness (QED) is 0.378. The normalized spacial score (nSPS) is 13.5. The zero-order valence-corrected chi connectivity index (χ0v) is 18.2. The number of amidine groups is 1. The molecule has 0 saturated heterocycles. The lowest BCUT2D eigenvalue weighted by Gasteiger charge is -2.06. The van der Waals surface area contributed by atoms with Gasteiger partial charge in [0.25, 0.3) is 0 Å². The van der Waals surface area contributed by atoms with E-state index in [2.05, 4.69) is 10.1 Å². The highest BCUT2D eigenvalue weighted by Gasteiger charge is 2.22. The summed E-state index contributed by atoms with van der Waals surface area (Å²) in [6.07, 6.45) is 3.27. The number of fused-ring (bicyclic) bond motifs is 1. The third kappa shape index (κ3) is 4.36. The van der Waals surface area contributed by atoms with Crippen LogP contribution in [0.5, 0.6) is 0 Å². The maximum absolute atomic E-state index is 7.74. The third-order valence-corrected chi connectivity index (χ3v) is 5.09. The average molecular weight is 472 g/mol. The Hall–Kier alpha value is -2.25. The number of halogens is 4. The zero-order chi connectivity index (χ0) is 19.1. The first kappa shape index (κ1) is 23.0. The molecule has 0 atom stereocenters. The minimum atomic E-state index is 0. The molecule has 1 aromatic heterocycles. The van der Waals surface area contributed by atoms with E-state index in [9.17, 15) is 0 Å². The number of nitrogens with zero attached hydrogens (tertiary/aromatic N) is 3. The van der Waals surface area contributed by atoms with E-state index in [1.54, 1.807) is 29.1 Å². The molecule has 0 amide bonds. The van der Waals surface area contributed by atoms with Gasteiger partial charge in [0.1, 0.15) is 5.84 Å². The fourth-order valence-electron chi connectivity index (χ4n) is 3.28. The molecule has 0 bridgehead atoms. The summed E-state index contributed by atoms with van der Waals surface area (Å²) in [5, 5.41) is 13.5. The second-order valence-electron chi connectivity index (χ2n) is 6.25. The van der Waals surface area contributed by atoms with Crippen LogP contribution in [0, 0.1) is 5.41 Å². The van der Waals surface area contributed by atoms with Gasteiger partial charge in [0.2, 0.25) is 5.95 Å². The van der Waals surface area contributed by atoms with Crippen molar-refractivity contribution in [1.29, 1.82) is 5.41 Å². The zero-order valence-electron chi connectivity index (χ0n) is 15.0. The summed E-state index contributed by atoms with van der Waals surface area (Å²) < 4.78 is 1.55. The molecular formula is C19H18Cl4N6. The SMILES string of the molecule is Cl.Cl.N=C(N)c1cccc2c1CC/C2=N\n1cc(-c2ccc(Cl)cc2Cl)nc1N. The number of aromatic nitrogens is 2. The van der Waals surface area contributed by atoms with Crippen LogP contribution in [-0.2, 0) is 6.42 Å². The van der Waals surface area contributed by atoms with Crippen molar-refractivity contribution in [3.8, 4) is 11.3 Å². The van der Waals surface area contributed by atoms with Gasteiger partial charge in [-0.2, -0.15) is 5.10 Å². The van der Waals surface area contributed by atoms with Crippen LogP contribution in [0.25, 0.3) is 11.3 Å². The van der Waals surface area contributed by atoms with E-state index < -0.39 is 0 Å². The second kappa shape index (κ2) is 9.05. The molecule has 3 aromatic rings. The fraction of sp³-hybridized carbons (Fsp3) is 0.105. The van der Waals surface area contributed by atoms with Gasteiger partial charge in [-0.25, -0.2) is 9.66 Å². The van der Waals surface area contributed by atoms with Gasteiger partial charge in [-0.3, -0.25) is 5.41 Å². The van der Waals surface area contributed by atoms with Gasteiger partial charge in [-0.15, -0.1) is 24.8 Å². The molecule has 6 nitrogen and oxygen atoms in total. The van der Waals surface area contributed by atoms with Crippen LogP contribution in [0.3, 0.4) is 0 Å². The van der Waals surface area contributed by atoms with E-state index in [1.807, 2.05) is 18.2 Å². The van der Waals surface area contributed by atoms with Gasteiger partial charge >= 0.3 is 0 Å². The second-order valence-corrected chi connectivity index (χ2v) is 7.09. The average Bonchev–Trinajstić information content (AvgIpc) is 3.19. The molecule has 0 saturated carbocycles. The van der Waals surface area contributed by atoms with Gasteiger partial charge in [0, 0.05) is 21.7 Å². The van der Waals surface area contributed by atoms with Crippen LogP contribution < -0.4 is 11.5 Å². The molecule has 0 radical (unpaired) electrons. The number of anilines is 1. The van der Waals surface area contributed by atoms with E-state index in [1.165, 1.54) is 0 Å². The maximum atomic E-state index is 7.74. The Morgan fingerprint density at radius 1 is 1.10 bits per heavy atom. The van der Waals surface area contributed by atoms with Crippen molar-refractivity contribution in [3.05, 3.63) is 69.3 Å². The number of hydrogen-bond donors (Lipinski definition) is 3. The van der Waals surface area contributed by atoms with Crippen molar-refractivity contribution < 1.29 is 0 Å². The molecular weight excluding hydrogens is 454 g/mol. The van der Waals surface area contributed by atoms with E-state index in [-0.39, 0.29) is 36.6 Å². The van der Waals surface area contributed by atoms with Crippen molar-refractivity contribution >= 4 is 65.5 Å². The third-order valence-electron chi connectivity index (χ3n) is 4.54. The monoisotopic (exact) mass is 470 g/mol. The Morgan fingerprint density at radius 2 is 1.86 bits per heavy atom. The Bertz CT molecular complexity index is 1110. The molecule has 10 heteroatoms. The highest BCUT2D eigenvalue weighted by atomic mass is 35.5. The minimum Gasteiger partial charge on any atom is -0.384 e. The molecule has 4 rings (SSSR count). The first-order valence-electron chi connectivity index (χ1n) is 8.29. The topological polar surface area (TPSA) is 106 Å². The number of imidazole rings is 1. The molecule has 0 aliphatic heterocycles. The van der Waals surface area contributed by atoms with Crippen LogP contribution in [0.1, 0.15) is 23.1 Å². The van der Waals surface area contributed by atoms with Crippen LogP contribution in [-0.4, -0.2) is 21.2 Å². The summed E-state index contributed by atoms with van der Waals surface area (Å²) in [6, 6.07) is 10.9. The van der Waals surface area contributed by atoms with Gasteiger partial charge < -0.3 is 11.5 Å². The van der Waals surface area contributed by atoms with Crippen molar-refractivity contribution in [2.24, 2.45) is 10.8 Å². The number of rotatable bonds is 3. The smallest absolute Gasteiger partial charge is 0.221 e. The molecule has 0 spiro atoms. The number of hydrogen-bond acceptors (Lipinski definition) is 4. The number of nitrogens with two attached hydrogens (primary N) is 2. The predicted molar refractivity (Wildman–Crippen MR) is 124 cm³/mol. The maximum Gasteiger partial charge on any atom is 0.221 e. The number of nitrogens with one attached hydrogen (secondary N) is 1. The summed E-state index contributed by atoms with van der Waals surface area (Å²) >= 11 is 12.2. The highest BCUT2D eigenvalue weighted by Crippen LogP contribution is 2.31. The lowest BCUT2D eigenvalue weighted by atomic mass is 10.0. The summed E-state index contributed by atoms with van der Waals surface area (Å²) in [5.41, 5.74) is 16.8. The van der Waals surface area contributed by atoms with Gasteiger partial charge in [0.05, 0.1) is 22.6 Å². The summed E-state index contributed by atoms with van der Waals surface area (Å²) in [5.74, 6) is 0.328. The predicted octanol–water partition coefficient (Wildman–Crippen LogP) is 4.77. The van der Waals surface area contributed by atoms with Gasteiger partial charge in [-0.05, 0) is 36.6 Å². The molecule has 152 valence electrons. The first-order chi connectivity index (χ1) is 12.9. The molecule has 0 unspecified atom stereocenters. The number of benzene rings is 2. The molecule has 0 fully saturated rings. The largest absolute Gasteiger partial charge is 0.384 e. The molecule has 1 heterocycles. The Kier molecular flexibility index (Phi) is 7.19. The van der Waals surface area contributed by atoms with E-state index in [0.717, 1.165) is 40.8 Å². The summed E-state index contributed by atoms with van der Waals surface area (Å²) in [6.45, 7) is 0. The van der Waals surface area contributed by atoms with Crippen LogP contribution in [0.2, 0.25) is 10.0 Å². The van der Waals surface area contributed by atoms with E-state index >= 15 is 0 Å². The van der Waals surface area contributed by atoms with Crippen molar-refractivity contribution in [2.75, 3.05) is 5.73 Å². The Labute approximate surface area is 190 Å². The first-order valence-corrected chi connectivity index (χ1v) is 9.04. The van der Waals surface area contributed by atoms with Crippen LogP contribution in [0.4, 0.5) is 5.95 Å². The molecule has 5 N–H and O–H groups in total. The standard InChI is InChI=1S/C19H16Cl2N6.2ClH/c20-10-4-5-14(15(21)8-10)17-9-27(19(24)25-17)26-16-7-6-11-12(16)2-1-3-13(11)18(22)23;;/h1-5,8-9H,6-7H2,(H3,22,23)(H2,24,25);2*1H/b26-16+;;. The lowest BCUT2D eigenvalue weighted by Crippen LogP contribution is -2.13. The fourth-order valence-corrected chi connectivity index (χ4v) is 3.79. The van der Waals surface area contributed by atoms with Gasteiger partial charge in [-0.1, -0.05) is 41.4 Å². The van der Waals surface area contributed by atoms with Crippen molar-refractivity contribution in [2.45, 2.75) is 12.8 Å². The van der Waals surface area contributed by atoms with Crippen molar-refractivity contribution in [3.63, 3.8) is 0 Å². The molecule has 29 heavy (non-hydrogen) atoms. The molecule has 1 aliphatic rings. The molecule has 1 aliphatic carbocycles. The van der Waals surface area contributed by atoms with Crippen LogP contribution >= 0.6 is 48.0 Å². The van der Waals surface area contributed by atoms with Gasteiger partial charge in [0.15, 0.2) is 0 Å². The van der Waals surface area contributed by atoms with Crippen molar-refractivity contribution in [1.82, 2.24) is 9.66 Å². The Balaban J connectivity index is 0.00000150. The number of nitrogen functional groups attached to an aromatic ring is 2. The van der Waals surface area contributed by atoms with E-state index in [0.29, 0.717) is 15.7 Å². The van der Waals surface area contributed by atoms with E-state index in [4.69, 9.17) is 40.1 Å². The molecule has 2 aromatic carbocycles. The highest BCUT2D eigenvalue weighted by molar-refractivity contribution is 6.36. The van der Waals surface area contributed by atoms with Crippen LogP contribution in [0.15, 0.2) is 47.7 Å². The summed E-state index contributed by atoms with van der Waals surface area (Å²) in [7, 11) is 0. The lowest BCUT2D eigenvalue weighted by molar-refractivity contribution is 0.883. The minimum absolute atomic E-state index is 0.